The summed E-state index contributed by atoms with van der Waals surface area (Å²) in [7, 11) is 0. The monoisotopic (exact) mass is 342 g/mol. The number of hydrogen-bond donors (Lipinski definition) is 1. The van der Waals surface area contributed by atoms with Crippen LogP contribution in [-0.2, 0) is 13.1 Å². The van der Waals surface area contributed by atoms with Crippen molar-refractivity contribution in [3.8, 4) is 17.5 Å². The number of nitrogens with zero attached hydrogens (tertiary/aromatic N) is 4. The number of aliphatic hydroxyl groups is 1. The van der Waals surface area contributed by atoms with E-state index in [1.807, 2.05) is 0 Å². The Bertz CT molecular complexity index is 787. The first-order chi connectivity index (χ1) is 10.7. The molecule has 1 heterocycles. The second-order valence-electron chi connectivity index (χ2n) is 5.01. The molecule has 122 valence electrons. The maximum Gasteiger partial charge on any atom is 0.347 e. The summed E-state index contributed by atoms with van der Waals surface area (Å²) in [5, 5.41) is 22.7. The van der Waals surface area contributed by atoms with Crippen molar-refractivity contribution in [2.24, 2.45) is 0 Å². The molecular formula is C14H13ClF2N4O2. The number of nitriles is 1. The average Bonchev–Trinajstić information content (AvgIpc) is 2.77. The number of alkyl halides is 2. The smallest absolute Gasteiger partial charge is 0.347 e. The Kier molecular flexibility index (Phi) is 4.82. The number of aromatic nitrogens is 3. The van der Waals surface area contributed by atoms with E-state index in [0.29, 0.717) is 17.5 Å². The Morgan fingerprint density at radius 3 is 2.57 bits per heavy atom. The average molecular weight is 343 g/mol. The maximum absolute atomic E-state index is 13.2. The third kappa shape index (κ3) is 3.75. The molecule has 2 rings (SSSR count). The topological polar surface area (TPSA) is 83.8 Å². The van der Waals surface area contributed by atoms with Crippen LogP contribution in [0, 0.1) is 11.3 Å². The predicted molar refractivity (Wildman–Crippen MR) is 79.2 cm³/mol. The standard InChI is InChI=1S/C14H13ClF2N4O2/c1-14(16,17)11(22)8-20-12(9-2-4-10(15)5-3-9)19-21(7-6-18)13(20)23/h2-5,11,22H,7-8H2,1H3/t11-/m0/s1. The lowest BCUT2D eigenvalue weighted by molar-refractivity contribution is -0.0993. The summed E-state index contributed by atoms with van der Waals surface area (Å²) < 4.78 is 28.2. The van der Waals surface area contributed by atoms with Crippen LogP contribution >= 0.6 is 11.6 Å². The molecule has 1 aromatic heterocycles. The summed E-state index contributed by atoms with van der Waals surface area (Å²) in [5.74, 6) is -3.31. The molecule has 0 bridgehead atoms. The fourth-order valence-corrected chi connectivity index (χ4v) is 2.05. The van der Waals surface area contributed by atoms with Gasteiger partial charge < -0.3 is 5.11 Å². The zero-order valence-electron chi connectivity index (χ0n) is 12.1. The van der Waals surface area contributed by atoms with Gasteiger partial charge in [0, 0.05) is 17.5 Å². The van der Waals surface area contributed by atoms with Crippen LogP contribution in [0.5, 0.6) is 0 Å². The van der Waals surface area contributed by atoms with Gasteiger partial charge in [-0.2, -0.15) is 9.94 Å². The first-order valence-corrected chi connectivity index (χ1v) is 6.98. The van der Waals surface area contributed by atoms with Gasteiger partial charge in [-0.15, -0.1) is 5.10 Å². The molecule has 2 aromatic rings. The molecule has 1 atom stereocenters. The first kappa shape index (κ1) is 17.1. The van der Waals surface area contributed by atoms with E-state index in [1.54, 1.807) is 30.3 Å². The van der Waals surface area contributed by atoms with E-state index in [1.165, 1.54) is 0 Å². The van der Waals surface area contributed by atoms with E-state index < -0.39 is 24.3 Å². The highest BCUT2D eigenvalue weighted by Gasteiger charge is 2.34. The largest absolute Gasteiger partial charge is 0.385 e. The van der Waals surface area contributed by atoms with Crippen LogP contribution in [0.4, 0.5) is 8.78 Å². The third-order valence-electron chi connectivity index (χ3n) is 3.19. The fraction of sp³-hybridized carbons (Fsp3) is 0.357. The Morgan fingerprint density at radius 2 is 2.04 bits per heavy atom. The second kappa shape index (κ2) is 6.48. The van der Waals surface area contributed by atoms with Crippen molar-refractivity contribution in [2.45, 2.75) is 32.0 Å². The van der Waals surface area contributed by atoms with Crippen molar-refractivity contribution in [3.05, 3.63) is 39.8 Å². The lowest BCUT2D eigenvalue weighted by Crippen LogP contribution is -2.37. The van der Waals surface area contributed by atoms with Crippen molar-refractivity contribution < 1.29 is 13.9 Å². The Hall–Kier alpha value is -2.24. The molecule has 9 heteroatoms. The number of rotatable bonds is 5. The molecule has 0 unspecified atom stereocenters. The summed E-state index contributed by atoms with van der Waals surface area (Å²) in [6.07, 6.45) is -2.06. The van der Waals surface area contributed by atoms with Crippen molar-refractivity contribution in [3.63, 3.8) is 0 Å². The van der Waals surface area contributed by atoms with Crippen molar-refractivity contribution in [2.75, 3.05) is 0 Å². The van der Waals surface area contributed by atoms with Crippen LogP contribution in [0.1, 0.15) is 6.92 Å². The van der Waals surface area contributed by atoms with Crippen molar-refractivity contribution in [1.29, 1.82) is 5.26 Å². The third-order valence-corrected chi connectivity index (χ3v) is 3.44. The van der Waals surface area contributed by atoms with Gasteiger partial charge in [-0.1, -0.05) is 11.6 Å². The summed E-state index contributed by atoms with van der Waals surface area (Å²) in [6.45, 7) is -0.416. The van der Waals surface area contributed by atoms with Gasteiger partial charge in [-0.05, 0) is 24.3 Å². The van der Waals surface area contributed by atoms with Gasteiger partial charge in [0.1, 0.15) is 12.6 Å². The molecule has 0 radical (unpaired) electrons. The number of hydrogen-bond acceptors (Lipinski definition) is 4. The van der Waals surface area contributed by atoms with E-state index in [4.69, 9.17) is 16.9 Å². The first-order valence-electron chi connectivity index (χ1n) is 6.60. The summed E-state index contributed by atoms with van der Waals surface area (Å²) >= 11 is 5.79. The normalized spacial score (nSPS) is 12.9. The highest BCUT2D eigenvalue weighted by Crippen LogP contribution is 2.22. The van der Waals surface area contributed by atoms with Crippen LogP contribution in [0.2, 0.25) is 5.02 Å². The zero-order valence-corrected chi connectivity index (χ0v) is 12.8. The van der Waals surface area contributed by atoms with Gasteiger partial charge in [0.05, 0.1) is 12.6 Å². The quantitative estimate of drug-likeness (QED) is 0.899. The lowest BCUT2D eigenvalue weighted by atomic mass is 10.2. The number of aliphatic hydroxyl groups excluding tert-OH is 1. The van der Waals surface area contributed by atoms with Crippen LogP contribution < -0.4 is 5.69 Å². The molecule has 0 aliphatic heterocycles. The van der Waals surface area contributed by atoms with Crippen LogP contribution in [0.15, 0.2) is 29.1 Å². The Morgan fingerprint density at radius 1 is 1.43 bits per heavy atom. The number of benzene rings is 1. The Labute approximate surface area is 135 Å². The molecule has 0 fully saturated rings. The minimum absolute atomic E-state index is 0.0743. The van der Waals surface area contributed by atoms with Gasteiger partial charge >= 0.3 is 5.69 Å². The van der Waals surface area contributed by atoms with Crippen LogP contribution in [0.25, 0.3) is 11.4 Å². The van der Waals surface area contributed by atoms with Gasteiger partial charge in [0.2, 0.25) is 0 Å². The molecule has 0 saturated carbocycles. The molecule has 1 aromatic carbocycles. The highest BCUT2D eigenvalue weighted by atomic mass is 35.5. The molecule has 0 aliphatic carbocycles. The van der Waals surface area contributed by atoms with E-state index in [2.05, 4.69) is 5.10 Å². The molecule has 23 heavy (non-hydrogen) atoms. The van der Waals surface area contributed by atoms with Gasteiger partial charge in [-0.3, -0.25) is 4.57 Å². The van der Waals surface area contributed by atoms with Gasteiger partial charge in [-0.25, -0.2) is 13.6 Å². The minimum atomic E-state index is -3.38. The van der Waals surface area contributed by atoms with E-state index in [0.717, 1.165) is 9.25 Å². The van der Waals surface area contributed by atoms with Crippen LogP contribution in [-0.4, -0.2) is 31.5 Å². The summed E-state index contributed by atoms with van der Waals surface area (Å²) in [5.41, 5.74) is -0.297. The second-order valence-corrected chi connectivity index (χ2v) is 5.45. The molecule has 1 N–H and O–H groups in total. The summed E-state index contributed by atoms with van der Waals surface area (Å²) in [6, 6.07) is 8.00. The molecular weight excluding hydrogens is 330 g/mol. The Balaban J connectivity index is 2.52. The van der Waals surface area contributed by atoms with Crippen molar-refractivity contribution >= 4 is 11.6 Å². The van der Waals surface area contributed by atoms with E-state index in [-0.39, 0.29) is 12.4 Å². The molecule has 6 nitrogen and oxygen atoms in total. The molecule has 0 spiro atoms. The van der Waals surface area contributed by atoms with Gasteiger partial charge in [0.15, 0.2) is 5.82 Å². The van der Waals surface area contributed by atoms with Gasteiger partial charge in [0.25, 0.3) is 5.92 Å². The molecule has 0 aliphatic rings. The SMILES string of the molecule is CC(F)(F)[C@@H](O)Cn1c(-c2ccc(Cl)cc2)nn(CC#N)c1=O. The minimum Gasteiger partial charge on any atom is -0.385 e. The van der Waals surface area contributed by atoms with Crippen molar-refractivity contribution in [1.82, 2.24) is 14.3 Å². The summed E-state index contributed by atoms with van der Waals surface area (Å²) in [4.78, 5) is 12.2. The molecule has 0 amide bonds. The highest BCUT2D eigenvalue weighted by molar-refractivity contribution is 6.30. The predicted octanol–water partition coefficient (Wildman–Crippen LogP) is 1.90. The number of halogens is 3. The lowest BCUT2D eigenvalue weighted by Gasteiger charge is -2.18. The fourth-order valence-electron chi connectivity index (χ4n) is 1.92. The molecule has 0 saturated heterocycles. The van der Waals surface area contributed by atoms with E-state index in [9.17, 15) is 18.7 Å². The zero-order chi connectivity index (χ0) is 17.2. The van der Waals surface area contributed by atoms with Crippen LogP contribution in [0.3, 0.4) is 0 Å². The maximum atomic E-state index is 13.2. The van der Waals surface area contributed by atoms with E-state index >= 15 is 0 Å².